The normalized spacial score (nSPS) is 14.3. The zero-order chi connectivity index (χ0) is 13.7. The molecule has 1 aliphatic heterocycles. The molecule has 7 heteroatoms. The number of hydrogen-bond acceptors (Lipinski definition) is 4. The molecule has 100 valence electrons. The molecule has 3 amide bonds. The Morgan fingerprint density at radius 1 is 1.21 bits per heavy atom. The lowest BCUT2D eigenvalue weighted by Crippen LogP contribution is -2.46. The summed E-state index contributed by atoms with van der Waals surface area (Å²) >= 11 is 1.46. The van der Waals surface area contributed by atoms with Crippen LogP contribution in [0.3, 0.4) is 0 Å². The van der Waals surface area contributed by atoms with Gasteiger partial charge in [0.2, 0.25) is 5.91 Å². The quantitative estimate of drug-likeness (QED) is 0.762. The standard InChI is InChI=1S/C12H13N3O3S/c16-10(6-15-8-19-7-11(15)17)13-14-12(18)9-4-2-1-3-5-9/h1-5H,6-8H2,(H,13,16)(H,14,18). The van der Waals surface area contributed by atoms with Gasteiger partial charge < -0.3 is 4.90 Å². The Labute approximate surface area is 114 Å². The third-order valence-electron chi connectivity index (χ3n) is 2.51. The van der Waals surface area contributed by atoms with E-state index in [9.17, 15) is 14.4 Å². The number of thioether (sulfide) groups is 1. The molecule has 0 radical (unpaired) electrons. The summed E-state index contributed by atoms with van der Waals surface area (Å²) in [5.74, 6) is 0.0495. The zero-order valence-electron chi connectivity index (χ0n) is 10.1. The Morgan fingerprint density at radius 3 is 2.58 bits per heavy atom. The van der Waals surface area contributed by atoms with E-state index in [1.54, 1.807) is 30.3 Å². The first-order valence-corrected chi connectivity index (χ1v) is 6.82. The van der Waals surface area contributed by atoms with Gasteiger partial charge in [0.25, 0.3) is 11.8 Å². The number of amides is 3. The molecule has 2 N–H and O–H groups in total. The van der Waals surface area contributed by atoms with Gasteiger partial charge in [0, 0.05) is 5.56 Å². The highest BCUT2D eigenvalue weighted by Crippen LogP contribution is 2.13. The minimum absolute atomic E-state index is 0.0408. The highest BCUT2D eigenvalue weighted by molar-refractivity contribution is 8.00. The number of hydrazine groups is 1. The molecule has 0 unspecified atom stereocenters. The third kappa shape index (κ3) is 3.72. The summed E-state index contributed by atoms with van der Waals surface area (Å²) < 4.78 is 0. The van der Waals surface area contributed by atoms with Crippen LogP contribution >= 0.6 is 11.8 Å². The minimum atomic E-state index is -0.417. The Hall–Kier alpha value is -2.02. The highest BCUT2D eigenvalue weighted by atomic mass is 32.2. The van der Waals surface area contributed by atoms with Crippen molar-refractivity contribution in [3.8, 4) is 0 Å². The van der Waals surface area contributed by atoms with Gasteiger partial charge in [-0.2, -0.15) is 0 Å². The van der Waals surface area contributed by atoms with E-state index in [1.165, 1.54) is 16.7 Å². The summed E-state index contributed by atoms with van der Waals surface area (Å²) in [6, 6.07) is 8.55. The van der Waals surface area contributed by atoms with Crippen molar-refractivity contribution in [2.75, 3.05) is 18.2 Å². The molecule has 0 spiro atoms. The van der Waals surface area contributed by atoms with Gasteiger partial charge in [-0.15, -0.1) is 11.8 Å². The molecular formula is C12H13N3O3S. The fraction of sp³-hybridized carbons (Fsp3) is 0.250. The average molecular weight is 279 g/mol. The monoisotopic (exact) mass is 279 g/mol. The van der Waals surface area contributed by atoms with Gasteiger partial charge in [-0.05, 0) is 12.1 Å². The lowest BCUT2D eigenvalue weighted by molar-refractivity contribution is -0.132. The van der Waals surface area contributed by atoms with Crippen LogP contribution in [-0.2, 0) is 9.59 Å². The van der Waals surface area contributed by atoms with E-state index in [2.05, 4.69) is 10.9 Å². The van der Waals surface area contributed by atoms with Crippen LogP contribution in [0, 0.1) is 0 Å². The maximum absolute atomic E-state index is 11.6. The van der Waals surface area contributed by atoms with Gasteiger partial charge in [-0.1, -0.05) is 18.2 Å². The Balaban J connectivity index is 1.77. The molecule has 19 heavy (non-hydrogen) atoms. The molecular weight excluding hydrogens is 266 g/mol. The Morgan fingerprint density at radius 2 is 1.95 bits per heavy atom. The highest BCUT2D eigenvalue weighted by Gasteiger charge is 2.22. The summed E-state index contributed by atoms with van der Waals surface area (Å²) in [6.07, 6.45) is 0. The lowest BCUT2D eigenvalue weighted by Gasteiger charge is -2.14. The Kier molecular flexibility index (Phi) is 4.40. The van der Waals surface area contributed by atoms with Crippen molar-refractivity contribution in [3.63, 3.8) is 0 Å². The van der Waals surface area contributed by atoms with Gasteiger partial charge in [-0.25, -0.2) is 0 Å². The molecule has 6 nitrogen and oxygen atoms in total. The van der Waals surface area contributed by atoms with E-state index in [4.69, 9.17) is 0 Å². The van der Waals surface area contributed by atoms with Crippen LogP contribution in [0.4, 0.5) is 0 Å². The summed E-state index contributed by atoms with van der Waals surface area (Å²) in [7, 11) is 0. The van der Waals surface area contributed by atoms with E-state index in [-0.39, 0.29) is 12.5 Å². The maximum Gasteiger partial charge on any atom is 0.269 e. The van der Waals surface area contributed by atoms with E-state index in [1.807, 2.05) is 0 Å². The number of hydrogen-bond donors (Lipinski definition) is 2. The van der Waals surface area contributed by atoms with Crippen molar-refractivity contribution < 1.29 is 14.4 Å². The SMILES string of the molecule is O=C(CN1CSCC1=O)NNC(=O)c1ccccc1. The number of carbonyl (C=O) groups excluding carboxylic acids is 3. The second kappa shape index (κ2) is 6.24. The van der Waals surface area contributed by atoms with Crippen molar-refractivity contribution in [1.82, 2.24) is 15.8 Å². The van der Waals surface area contributed by atoms with Crippen molar-refractivity contribution >= 4 is 29.5 Å². The second-order valence-corrected chi connectivity index (χ2v) is 4.89. The molecule has 1 fully saturated rings. The third-order valence-corrected chi connectivity index (χ3v) is 3.46. The first kappa shape index (κ1) is 13.4. The smallest absolute Gasteiger partial charge is 0.269 e. The predicted molar refractivity (Wildman–Crippen MR) is 71.1 cm³/mol. The number of nitrogens with one attached hydrogen (secondary N) is 2. The van der Waals surface area contributed by atoms with Crippen LogP contribution < -0.4 is 10.9 Å². The van der Waals surface area contributed by atoms with Crippen LogP contribution in [0.5, 0.6) is 0 Å². The summed E-state index contributed by atoms with van der Waals surface area (Å²) in [6.45, 7) is -0.0408. The van der Waals surface area contributed by atoms with Gasteiger partial charge in [0.05, 0.1) is 11.6 Å². The summed E-state index contributed by atoms with van der Waals surface area (Å²) in [4.78, 5) is 35.9. The number of benzene rings is 1. The van der Waals surface area contributed by atoms with E-state index in [0.29, 0.717) is 17.2 Å². The number of rotatable bonds is 3. The minimum Gasteiger partial charge on any atom is -0.323 e. The van der Waals surface area contributed by atoms with E-state index >= 15 is 0 Å². The Bertz CT molecular complexity index is 492. The van der Waals surface area contributed by atoms with Gasteiger partial charge in [0.15, 0.2) is 0 Å². The van der Waals surface area contributed by atoms with Gasteiger partial charge in [-0.3, -0.25) is 25.2 Å². The predicted octanol–water partition coefficient (Wildman–Crippen LogP) is -0.0195. The van der Waals surface area contributed by atoms with Crippen LogP contribution in [-0.4, -0.2) is 40.8 Å². The first-order chi connectivity index (χ1) is 9.16. The summed E-state index contributed by atoms with van der Waals surface area (Å²) in [5.41, 5.74) is 5.05. The lowest BCUT2D eigenvalue weighted by atomic mass is 10.2. The fourth-order valence-electron chi connectivity index (χ4n) is 1.54. The molecule has 0 aromatic heterocycles. The van der Waals surface area contributed by atoms with E-state index < -0.39 is 11.8 Å². The molecule has 0 bridgehead atoms. The van der Waals surface area contributed by atoms with Gasteiger partial charge >= 0.3 is 0 Å². The molecule has 0 atom stereocenters. The number of nitrogens with zero attached hydrogens (tertiary/aromatic N) is 1. The average Bonchev–Trinajstić information content (AvgIpc) is 2.82. The number of carbonyl (C=O) groups is 3. The molecule has 1 aromatic rings. The van der Waals surface area contributed by atoms with Crippen molar-refractivity contribution in [1.29, 1.82) is 0 Å². The van der Waals surface area contributed by atoms with Crippen molar-refractivity contribution in [3.05, 3.63) is 35.9 Å². The fourth-order valence-corrected chi connectivity index (χ4v) is 2.45. The first-order valence-electron chi connectivity index (χ1n) is 5.66. The van der Waals surface area contributed by atoms with E-state index in [0.717, 1.165) is 0 Å². The molecule has 1 aromatic carbocycles. The molecule has 1 aliphatic rings. The largest absolute Gasteiger partial charge is 0.323 e. The van der Waals surface area contributed by atoms with Crippen LogP contribution in [0.1, 0.15) is 10.4 Å². The maximum atomic E-state index is 11.6. The molecule has 0 saturated carbocycles. The molecule has 0 aliphatic carbocycles. The van der Waals surface area contributed by atoms with Gasteiger partial charge in [0.1, 0.15) is 6.54 Å². The summed E-state index contributed by atoms with van der Waals surface area (Å²) in [5, 5.41) is 0. The van der Waals surface area contributed by atoms with Crippen molar-refractivity contribution in [2.24, 2.45) is 0 Å². The topological polar surface area (TPSA) is 78.5 Å². The van der Waals surface area contributed by atoms with Crippen LogP contribution in [0.15, 0.2) is 30.3 Å². The zero-order valence-corrected chi connectivity index (χ0v) is 10.9. The molecule has 2 rings (SSSR count). The van der Waals surface area contributed by atoms with Crippen LogP contribution in [0.2, 0.25) is 0 Å². The van der Waals surface area contributed by atoms with Crippen molar-refractivity contribution in [2.45, 2.75) is 0 Å². The molecule has 1 heterocycles. The second-order valence-electron chi connectivity index (χ2n) is 3.94. The molecule has 1 saturated heterocycles. The van der Waals surface area contributed by atoms with Crippen LogP contribution in [0.25, 0.3) is 0 Å².